The van der Waals surface area contributed by atoms with Crippen molar-refractivity contribution in [3.8, 4) is 11.5 Å². The van der Waals surface area contributed by atoms with Gasteiger partial charge in [-0.1, -0.05) is 17.3 Å². The highest BCUT2D eigenvalue weighted by atomic mass is 32.2. The highest BCUT2D eigenvalue weighted by Gasteiger charge is 2.24. The minimum atomic E-state index is -0.554. The van der Waals surface area contributed by atoms with Crippen molar-refractivity contribution in [3.63, 3.8) is 0 Å². The van der Waals surface area contributed by atoms with Crippen LogP contribution in [0.4, 0.5) is 0 Å². The van der Waals surface area contributed by atoms with Gasteiger partial charge in [-0.05, 0) is 48.7 Å². The standard InChI is InChI=1S/C24H25N3O6S/c1-15-25-22(33-26-15)14-34-21-7-5-4-6-18(21)24(29)32-13-23(28)27-9-8-16-10-19(30-2)20(31-3)11-17(16)12-27/h4-7,10-11H,8-9,12-14H2,1-3H3. The summed E-state index contributed by atoms with van der Waals surface area (Å²) >= 11 is 1.39. The average molecular weight is 484 g/mol. The second-order valence-corrected chi connectivity index (χ2v) is 8.65. The minimum Gasteiger partial charge on any atom is -0.493 e. The van der Waals surface area contributed by atoms with Gasteiger partial charge in [-0.15, -0.1) is 11.8 Å². The van der Waals surface area contributed by atoms with Crippen molar-refractivity contribution in [2.75, 3.05) is 27.4 Å². The molecule has 1 amide bonds. The predicted octanol–water partition coefficient (Wildman–Crippen LogP) is 3.43. The number of rotatable bonds is 8. The van der Waals surface area contributed by atoms with Crippen LogP contribution < -0.4 is 9.47 Å². The summed E-state index contributed by atoms with van der Waals surface area (Å²) in [6, 6.07) is 10.9. The van der Waals surface area contributed by atoms with E-state index in [0.717, 1.165) is 11.1 Å². The van der Waals surface area contributed by atoms with Gasteiger partial charge in [-0.2, -0.15) is 4.98 Å². The first-order valence-corrected chi connectivity index (χ1v) is 11.7. The quantitative estimate of drug-likeness (QED) is 0.352. The monoisotopic (exact) mass is 483 g/mol. The molecule has 0 atom stereocenters. The van der Waals surface area contributed by atoms with Crippen LogP contribution in [-0.4, -0.2) is 54.3 Å². The molecule has 10 heteroatoms. The Balaban J connectivity index is 1.36. The number of methoxy groups -OCH3 is 2. The van der Waals surface area contributed by atoms with E-state index in [4.69, 9.17) is 18.7 Å². The Morgan fingerprint density at radius 2 is 1.85 bits per heavy atom. The van der Waals surface area contributed by atoms with E-state index >= 15 is 0 Å². The van der Waals surface area contributed by atoms with E-state index in [1.165, 1.54) is 11.8 Å². The van der Waals surface area contributed by atoms with E-state index in [9.17, 15) is 9.59 Å². The average Bonchev–Trinajstić information content (AvgIpc) is 3.29. The summed E-state index contributed by atoms with van der Waals surface area (Å²) in [5.41, 5.74) is 2.49. The van der Waals surface area contributed by atoms with E-state index in [1.807, 2.05) is 24.3 Å². The molecule has 0 saturated carbocycles. The number of aromatic nitrogens is 2. The lowest BCUT2D eigenvalue weighted by Crippen LogP contribution is -2.38. The molecule has 34 heavy (non-hydrogen) atoms. The largest absolute Gasteiger partial charge is 0.493 e. The molecule has 0 radical (unpaired) electrons. The maximum absolute atomic E-state index is 12.8. The first-order valence-electron chi connectivity index (χ1n) is 10.7. The lowest BCUT2D eigenvalue weighted by atomic mass is 9.99. The lowest BCUT2D eigenvalue weighted by Gasteiger charge is -2.29. The first kappa shape index (κ1) is 23.6. The number of esters is 1. The van der Waals surface area contributed by atoms with Crippen LogP contribution in [0.1, 0.15) is 33.2 Å². The Kier molecular flexibility index (Phi) is 7.36. The third-order valence-corrected chi connectivity index (χ3v) is 6.48. The van der Waals surface area contributed by atoms with E-state index in [2.05, 4.69) is 10.1 Å². The van der Waals surface area contributed by atoms with E-state index in [1.54, 1.807) is 38.2 Å². The highest BCUT2D eigenvalue weighted by Crippen LogP contribution is 2.33. The zero-order valence-electron chi connectivity index (χ0n) is 19.2. The summed E-state index contributed by atoms with van der Waals surface area (Å²) in [6.45, 7) is 2.37. The van der Waals surface area contributed by atoms with Crippen LogP contribution in [0, 0.1) is 6.92 Å². The summed E-state index contributed by atoms with van der Waals surface area (Å²) in [4.78, 5) is 32.1. The van der Waals surface area contributed by atoms with Crippen molar-refractivity contribution in [1.29, 1.82) is 0 Å². The molecule has 178 valence electrons. The fourth-order valence-electron chi connectivity index (χ4n) is 3.69. The molecule has 1 aliphatic heterocycles. The number of aryl methyl sites for hydroxylation is 1. The molecule has 1 aromatic heterocycles. The molecule has 0 fully saturated rings. The van der Waals surface area contributed by atoms with Gasteiger partial charge in [0.15, 0.2) is 23.9 Å². The Bertz CT molecular complexity index is 1200. The normalized spacial score (nSPS) is 12.7. The number of nitrogens with zero attached hydrogens (tertiary/aromatic N) is 3. The highest BCUT2D eigenvalue weighted by molar-refractivity contribution is 7.98. The maximum Gasteiger partial charge on any atom is 0.339 e. The zero-order valence-corrected chi connectivity index (χ0v) is 20.0. The molecule has 0 saturated heterocycles. The van der Waals surface area contributed by atoms with E-state index in [-0.39, 0.29) is 12.5 Å². The fourth-order valence-corrected chi connectivity index (χ4v) is 4.57. The second-order valence-electron chi connectivity index (χ2n) is 7.64. The molecular formula is C24H25N3O6S. The third kappa shape index (κ3) is 5.33. The number of carbonyl (C=O) groups is 2. The SMILES string of the molecule is COc1cc2c(cc1OC)CN(C(=O)COC(=O)c1ccccc1SCc1nc(C)no1)CC2. The van der Waals surface area contributed by atoms with Crippen LogP contribution in [0.3, 0.4) is 0 Å². The molecule has 3 aromatic rings. The van der Waals surface area contributed by atoms with Crippen molar-refractivity contribution < 1.29 is 28.3 Å². The Morgan fingerprint density at radius 3 is 2.56 bits per heavy atom. The van der Waals surface area contributed by atoms with Crippen LogP contribution in [0.15, 0.2) is 45.8 Å². The first-order chi connectivity index (χ1) is 16.5. The number of thioether (sulfide) groups is 1. The molecule has 2 aromatic carbocycles. The van der Waals surface area contributed by atoms with Crippen LogP contribution in [-0.2, 0) is 28.2 Å². The summed E-state index contributed by atoms with van der Waals surface area (Å²) in [7, 11) is 3.18. The Hall–Kier alpha value is -3.53. The van der Waals surface area contributed by atoms with Crippen molar-refractivity contribution in [3.05, 3.63) is 64.8 Å². The van der Waals surface area contributed by atoms with E-state index < -0.39 is 5.97 Å². The molecule has 0 unspecified atom stereocenters. The molecule has 0 N–H and O–H groups in total. The molecule has 9 nitrogen and oxygen atoms in total. The summed E-state index contributed by atoms with van der Waals surface area (Å²) in [5, 5.41) is 3.77. The van der Waals surface area contributed by atoms with Crippen molar-refractivity contribution >= 4 is 23.6 Å². The molecule has 2 heterocycles. The van der Waals surface area contributed by atoms with Crippen molar-refractivity contribution in [2.24, 2.45) is 0 Å². The predicted molar refractivity (Wildman–Crippen MR) is 124 cm³/mol. The number of carbonyl (C=O) groups excluding carboxylic acids is 2. The number of ether oxygens (including phenoxy) is 3. The Morgan fingerprint density at radius 1 is 1.12 bits per heavy atom. The van der Waals surface area contributed by atoms with Gasteiger partial charge in [0.1, 0.15) is 0 Å². The number of hydrogen-bond donors (Lipinski definition) is 0. The van der Waals surface area contributed by atoms with Crippen molar-refractivity contribution in [1.82, 2.24) is 15.0 Å². The van der Waals surface area contributed by atoms with Crippen LogP contribution in [0.2, 0.25) is 0 Å². The molecule has 0 bridgehead atoms. The number of amides is 1. The third-order valence-electron chi connectivity index (χ3n) is 5.43. The lowest BCUT2D eigenvalue weighted by molar-refractivity contribution is -0.135. The van der Waals surface area contributed by atoms with Crippen LogP contribution in [0.25, 0.3) is 0 Å². The summed E-state index contributed by atoms with van der Waals surface area (Å²) < 4.78 is 21.2. The van der Waals surface area contributed by atoms with Gasteiger partial charge in [0.25, 0.3) is 5.91 Å². The maximum atomic E-state index is 12.8. The fraction of sp³-hybridized carbons (Fsp3) is 0.333. The van der Waals surface area contributed by atoms with Crippen LogP contribution in [0.5, 0.6) is 11.5 Å². The molecule has 4 rings (SSSR count). The topological polar surface area (TPSA) is 104 Å². The minimum absolute atomic E-state index is 0.250. The van der Waals surface area contributed by atoms with Gasteiger partial charge < -0.3 is 23.6 Å². The molecule has 0 aliphatic carbocycles. The number of fused-ring (bicyclic) bond motifs is 1. The zero-order chi connectivity index (χ0) is 24.1. The van der Waals surface area contributed by atoms with Gasteiger partial charge in [-0.25, -0.2) is 4.79 Å². The summed E-state index contributed by atoms with van der Waals surface area (Å²) in [5.74, 6) is 1.93. The smallest absolute Gasteiger partial charge is 0.339 e. The van der Waals surface area contributed by atoms with Gasteiger partial charge in [0.05, 0.1) is 25.5 Å². The molecular weight excluding hydrogens is 458 g/mol. The van der Waals surface area contributed by atoms with Crippen molar-refractivity contribution in [2.45, 2.75) is 30.5 Å². The van der Waals surface area contributed by atoms with Gasteiger partial charge in [-0.3, -0.25) is 4.79 Å². The Labute approximate surface area is 201 Å². The summed E-state index contributed by atoms with van der Waals surface area (Å²) in [6.07, 6.45) is 0.685. The molecule has 1 aliphatic rings. The van der Waals surface area contributed by atoms with Gasteiger partial charge in [0.2, 0.25) is 5.89 Å². The number of hydrogen-bond acceptors (Lipinski definition) is 9. The second kappa shape index (κ2) is 10.6. The van der Waals surface area contributed by atoms with E-state index in [0.29, 0.717) is 58.9 Å². The van der Waals surface area contributed by atoms with Gasteiger partial charge >= 0.3 is 5.97 Å². The van der Waals surface area contributed by atoms with Crippen LogP contribution >= 0.6 is 11.8 Å². The molecule has 0 spiro atoms. The number of benzene rings is 2. The van der Waals surface area contributed by atoms with Gasteiger partial charge in [0, 0.05) is 18.0 Å².